The van der Waals surface area contributed by atoms with Crippen molar-refractivity contribution in [3.63, 3.8) is 0 Å². The second-order valence-electron chi connectivity index (χ2n) is 3.66. The molecule has 0 radical (unpaired) electrons. The van der Waals surface area contributed by atoms with Crippen LogP contribution in [0.15, 0.2) is 46.0 Å². The molecule has 0 aliphatic rings. The van der Waals surface area contributed by atoms with Gasteiger partial charge in [-0.05, 0) is 46.3 Å². The third-order valence-corrected chi connectivity index (χ3v) is 4.56. The molecular weight excluding hydrogens is 354 g/mol. The minimum absolute atomic E-state index is 0.0721. The van der Waals surface area contributed by atoms with Crippen molar-refractivity contribution in [3.8, 4) is 0 Å². The summed E-state index contributed by atoms with van der Waals surface area (Å²) in [5, 5.41) is 0.103. The van der Waals surface area contributed by atoms with E-state index in [9.17, 15) is 8.42 Å². The lowest BCUT2D eigenvalue weighted by Gasteiger charge is -2.09. The van der Waals surface area contributed by atoms with Crippen LogP contribution in [0.25, 0.3) is 0 Å². The number of nitrogens with two attached hydrogens (primary N) is 1. The molecule has 1 aromatic carbocycles. The van der Waals surface area contributed by atoms with Gasteiger partial charge in [0, 0.05) is 5.69 Å². The molecule has 0 bridgehead atoms. The summed E-state index contributed by atoms with van der Waals surface area (Å²) in [6.07, 6.45) is 1.39. The molecule has 0 aliphatic heterocycles. The van der Waals surface area contributed by atoms with Gasteiger partial charge in [-0.3, -0.25) is 4.72 Å². The van der Waals surface area contributed by atoms with Crippen LogP contribution in [0.4, 0.5) is 11.4 Å². The van der Waals surface area contributed by atoms with Crippen molar-refractivity contribution in [3.05, 3.63) is 46.2 Å². The molecular formula is C11H9BrClN3O2S. The number of nitrogen functional groups attached to an aromatic ring is 1. The molecule has 100 valence electrons. The number of nitrogens with one attached hydrogen (secondary N) is 1. The number of nitrogens with zero attached hydrogens (tertiary/aromatic N) is 1. The van der Waals surface area contributed by atoms with Gasteiger partial charge in [-0.15, -0.1) is 0 Å². The fourth-order valence-electron chi connectivity index (χ4n) is 1.37. The van der Waals surface area contributed by atoms with Crippen LogP contribution >= 0.6 is 27.5 Å². The maximum Gasteiger partial charge on any atom is 0.263 e. The van der Waals surface area contributed by atoms with E-state index < -0.39 is 10.0 Å². The van der Waals surface area contributed by atoms with Crippen LogP contribution in [0.5, 0.6) is 0 Å². The Hall–Kier alpha value is -1.31. The van der Waals surface area contributed by atoms with Crippen LogP contribution in [0.2, 0.25) is 5.02 Å². The van der Waals surface area contributed by atoms with Gasteiger partial charge >= 0.3 is 0 Å². The Morgan fingerprint density at radius 1 is 1.26 bits per heavy atom. The summed E-state index contributed by atoms with van der Waals surface area (Å²) in [4.78, 5) is 3.86. The predicted molar refractivity (Wildman–Crippen MR) is 78.6 cm³/mol. The lowest BCUT2D eigenvalue weighted by molar-refractivity contribution is 0.601. The number of hydrogen-bond donors (Lipinski definition) is 2. The summed E-state index contributed by atoms with van der Waals surface area (Å²) in [7, 11) is -3.80. The molecule has 2 rings (SSSR count). The van der Waals surface area contributed by atoms with E-state index in [-0.39, 0.29) is 9.92 Å². The summed E-state index contributed by atoms with van der Waals surface area (Å²) < 4.78 is 27.3. The molecule has 8 heteroatoms. The smallest absolute Gasteiger partial charge is 0.263 e. The number of rotatable bonds is 3. The monoisotopic (exact) mass is 361 g/mol. The number of sulfonamides is 1. The zero-order chi connectivity index (χ0) is 14.0. The number of hydrogen-bond acceptors (Lipinski definition) is 4. The number of benzene rings is 1. The predicted octanol–water partition coefficient (Wildman–Crippen LogP) is 2.88. The Bertz CT molecular complexity index is 704. The molecule has 1 aromatic heterocycles. The quantitative estimate of drug-likeness (QED) is 0.649. The van der Waals surface area contributed by atoms with E-state index >= 15 is 0 Å². The summed E-state index contributed by atoms with van der Waals surface area (Å²) in [6.45, 7) is 0. The van der Waals surface area contributed by atoms with Crippen molar-refractivity contribution in [1.29, 1.82) is 0 Å². The summed E-state index contributed by atoms with van der Waals surface area (Å²) in [6, 6.07) is 7.47. The van der Waals surface area contributed by atoms with Gasteiger partial charge in [0.2, 0.25) is 0 Å². The molecule has 0 spiro atoms. The minimum Gasteiger partial charge on any atom is -0.399 e. The zero-order valence-corrected chi connectivity index (χ0v) is 12.6. The number of pyridine rings is 1. The highest BCUT2D eigenvalue weighted by molar-refractivity contribution is 9.10. The van der Waals surface area contributed by atoms with Crippen LogP contribution < -0.4 is 10.5 Å². The van der Waals surface area contributed by atoms with Crippen molar-refractivity contribution in [2.45, 2.75) is 4.90 Å². The third-order valence-electron chi connectivity index (χ3n) is 2.22. The van der Waals surface area contributed by atoms with E-state index in [4.69, 9.17) is 17.3 Å². The number of halogens is 2. The first-order valence-corrected chi connectivity index (χ1v) is 7.73. The van der Waals surface area contributed by atoms with Crippen molar-refractivity contribution in [1.82, 2.24) is 4.98 Å². The Kier molecular flexibility index (Phi) is 3.98. The average molecular weight is 363 g/mol. The van der Waals surface area contributed by atoms with Gasteiger partial charge in [0.05, 0.1) is 16.9 Å². The second-order valence-corrected chi connectivity index (χ2v) is 6.54. The second kappa shape index (κ2) is 5.36. The van der Waals surface area contributed by atoms with Crippen molar-refractivity contribution < 1.29 is 8.42 Å². The van der Waals surface area contributed by atoms with Crippen molar-refractivity contribution >= 4 is 48.9 Å². The first kappa shape index (κ1) is 14.1. The van der Waals surface area contributed by atoms with Gasteiger partial charge < -0.3 is 5.73 Å². The Morgan fingerprint density at radius 3 is 2.63 bits per heavy atom. The largest absolute Gasteiger partial charge is 0.399 e. The molecule has 0 fully saturated rings. The zero-order valence-electron chi connectivity index (χ0n) is 9.47. The lowest BCUT2D eigenvalue weighted by atomic mass is 10.3. The molecule has 5 nitrogen and oxygen atoms in total. The summed E-state index contributed by atoms with van der Waals surface area (Å²) in [5.74, 6) is 0. The molecule has 0 saturated carbocycles. The minimum atomic E-state index is -3.80. The van der Waals surface area contributed by atoms with E-state index in [0.29, 0.717) is 16.0 Å². The standard InChI is InChI=1S/C11H9BrClN3O2S/c12-11-4-2-8(6-15-11)16-19(17,18)10-5-7(14)1-3-9(10)13/h1-6,16H,14H2. The van der Waals surface area contributed by atoms with Crippen LogP contribution in [-0.2, 0) is 10.0 Å². The molecule has 0 atom stereocenters. The molecule has 19 heavy (non-hydrogen) atoms. The van der Waals surface area contributed by atoms with E-state index in [1.807, 2.05) is 0 Å². The Balaban J connectivity index is 2.37. The van der Waals surface area contributed by atoms with Crippen LogP contribution in [0.3, 0.4) is 0 Å². The molecule has 1 heterocycles. The Labute approximate surface area is 124 Å². The third kappa shape index (κ3) is 3.37. The molecule has 0 unspecified atom stereocenters. The van der Waals surface area contributed by atoms with Gasteiger partial charge in [-0.25, -0.2) is 13.4 Å². The fourth-order valence-corrected chi connectivity index (χ4v) is 3.19. The number of anilines is 2. The van der Waals surface area contributed by atoms with Crippen LogP contribution in [-0.4, -0.2) is 13.4 Å². The van der Waals surface area contributed by atoms with Gasteiger partial charge in [0.25, 0.3) is 10.0 Å². The van der Waals surface area contributed by atoms with Crippen molar-refractivity contribution in [2.75, 3.05) is 10.5 Å². The SMILES string of the molecule is Nc1ccc(Cl)c(S(=O)(=O)Nc2ccc(Br)nc2)c1. The first-order chi connectivity index (χ1) is 8.88. The normalized spacial score (nSPS) is 11.3. The Morgan fingerprint density at radius 2 is 2.00 bits per heavy atom. The highest BCUT2D eigenvalue weighted by Gasteiger charge is 2.18. The highest BCUT2D eigenvalue weighted by Crippen LogP contribution is 2.25. The molecule has 2 aromatic rings. The van der Waals surface area contributed by atoms with E-state index in [1.165, 1.54) is 24.4 Å². The fraction of sp³-hybridized carbons (Fsp3) is 0. The lowest BCUT2D eigenvalue weighted by Crippen LogP contribution is -2.14. The number of aromatic nitrogens is 1. The molecule has 0 amide bonds. The van der Waals surface area contributed by atoms with E-state index in [1.54, 1.807) is 12.1 Å². The summed E-state index contributed by atoms with van der Waals surface area (Å²) in [5.41, 5.74) is 6.22. The van der Waals surface area contributed by atoms with Gasteiger partial charge in [0.15, 0.2) is 0 Å². The van der Waals surface area contributed by atoms with Gasteiger partial charge in [-0.2, -0.15) is 0 Å². The molecule has 0 aliphatic carbocycles. The summed E-state index contributed by atoms with van der Waals surface area (Å²) >= 11 is 9.04. The average Bonchev–Trinajstić information content (AvgIpc) is 2.35. The van der Waals surface area contributed by atoms with Gasteiger partial charge in [0.1, 0.15) is 9.50 Å². The van der Waals surface area contributed by atoms with Gasteiger partial charge in [-0.1, -0.05) is 11.6 Å². The molecule has 0 saturated heterocycles. The van der Waals surface area contributed by atoms with Crippen LogP contribution in [0, 0.1) is 0 Å². The first-order valence-electron chi connectivity index (χ1n) is 5.08. The van der Waals surface area contributed by atoms with E-state index in [0.717, 1.165) is 0 Å². The highest BCUT2D eigenvalue weighted by atomic mass is 79.9. The molecule has 3 N–H and O–H groups in total. The maximum absolute atomic E-state index is 12.2. The van der Waals surface area contributed by atoms with Crippen molar-refractivity contribution in [2.24, 2.45) is 0 Å². The van der Waals surface area contributed by atoms with Crippen LogP contribution in [0.1, 0.15) is 0 Å². The topological polar surface area (TPSA) is 85.1 Å². The maximum atomic E-state index is 12.2. The van der Waals surface area contributed by atoms with E-state index in [2.05, 4.69) is 25.6 Å².